The third-order valence-corrected chi connectivity index (χ3v) is 3.54. The van der Waals surface area contributed by atoms with Crippen LogP contribution in [-0.4, -0.2) is 0 Å². The summed E-state index contributed by atoms with van der Waals surface area (Å²) < 4.78 is 0. The summed E-state index contributed by atoms with van der Waals surface area (Å²) in [6, 6.07) is 6.17. The smallest absolute Gasteiger partial charge is 0.0487 e. The van der Waals surface area contributed by atoms with Crippen molar-refractivity contribution in [2.24, 2.45) is 0 Å². The monoisotopic (exact) mass is 420 g/mol. The van der Waals surface area contributed by atoms with E-state index in [-0.39, 0.29) is 25.8 Å². The Hall–Kier alpha value is -0.660. The maximum Gasteiger partial charge on any atom is 0.0487 e. The van der Waals surface area contributed by atoms with Crippen LogP contribution in [0.3, 0.4) is 0 Å². The average Bonchev–Trinajstić information content (AvgIpc) is 3.02. The quantitative estimate of drug-likeness (QED) is 0.591. The third-order valence-electron chi connectivity index (χ3n) is 3.22. The fourth-order valence-electron chi connectivity index (χ4n) is 2.40. The molecule has 0 radical (unpaired) electrons. The Balaban J connectivity index is 0.00000120. The third kappa shape index (κ3) is 2.53. The van der Waals surface area contributed by atoms with Crippen LogP contribution in [0.2, 0.25) is 5.02 Å². The van der Waals surface area contributed by atoms with Crippen LogP contribution in [0.25, 0.3) is 11.1 Å². The molecule has 0 nitrogen and oxygen atoms in total. The molecule has 3 rings (SSSR count). The number of allylic oxidation sites excluding steroid dienone is 8. The number of halogens is 1. The topological polar surface area (TPSA) is 0 Å². The van der Waals surface area contributed by atoms with Gasteiger partial charge in [-0.25, -0.2) is 0 Å². The zero-order valence-electron chi connectivity index (χ0n) is 9.99. The van der Waals surface area contributed by atoms with Gasteiger partial charge in [-0.1, -0.05) is 60.2 Å². The van der Waals surface area contributed by atoms with Gasteiger partial charge in [0.2, 0.25) is 0 Å². The minimum Gasteiger partial charge on any atom is -0.0837 e. The standard InChI is InChI=1S/C16H13Cl.Hf/c17-15-11-5-10-14(12-6-1-2-7-12)16(15)13-8-3-4-9-13;/h1-6,8,10-11H,7,9H2;. The van der Waals surface area contributed by atoms with E-state index in [0.29, 0.717) is 0 Å². The zero-order chi connectivity index (χ0) is 11.7. The van der Waals surface area contributed by atoms with Crippen LogP contribution in [0.15, 0.2) is 54.7 Å². The number of hydrogen-bond acceptors (Lipinski definition) is 0. The number of rotatable bonds is 2. The van der Waals surface area contributed by atoms with Gasteiger partial charge in [0.1, 0.15) is 0 Å². The van der Waals surface area contributed by atoms with Crippen LogP contribution in [-0.2, 0) is 25.8 Å². The van der Waals surface area contributed by atoms with E-state index in [0.717, 1.165) is 17.9 Å². The maximum atomic E-state index is 6.37. The van der Waals surface area contributed by atoms with Crippen LogP contribution in [0.5, 0.6) is 0 Å². The van der Waals surface area contributed by atoms with Crippen molar-refractivity contribution in [3.63, 3.8) is 0 Å². The molecule has 18 heavy (non-hydrogen) atoms. The normalized spacial score (nSPS) is 16.5. The van der Waals surface area contributed by atoms with Crippen LogP contribution >= 0.6 is 11.6 Å². The van der Waals surface area contributed by atoms with Crippen molar-refractivity contribution < 1.29 is 25.8 Å². The Morgan fingerprint density at radius 3 is 2.17 bits per heavy atom. The molecule has 1 aromatic carbocycles. The summed E-state index contributed by atoms with van der Waals surface area (Å²) >= 11 is 6.37. The first-order valence-corrected chi connectivity index (χ1v) is 6.25. The summed E-state index contributed by atoms with van der Waals surface area (Å²) in [5.74, 6) is 0. The van der Waals surface area contributed by atoms with Crippen LogP contribution < -0.4 is 0 Å². The molecule has 0 bridgehead atoms. The largest absolute Gasteiger partial charge is 0.0837 e. The first-order valence-electron chi connectivity index (χ1n) is 5.87. The van der Waals surface area contributed by atoms with Crippen LogP contribution in [0.4, 0.5) is 0 Å². The Kier molecular flexibility index (Phi) is 4.58. The SMILES string of the molecule is Clc1cccc(C2=CC=CC2)c1C1=CC=CC1.[Hf]. The van der Waals surface area contributed by atoms with E-state index in [4.69, 9.17) is 11.6 Å². The molecule has 0 saturated heterocycles. The molecule has 88 valence electrons. The van der Waals surface area contributed by atoms with E-state index in [9.17, 15) is 0 Å². The molecule has 0 aliphatic heterocycles. The van der Waals surface area contributed by atoms with Gasteiger partial charge in [0.15, 0.2) is 0 Å². The van der Waals surface area contributed by atoms with Gasteiger partial charge in [0.05, 0.1) is 0 Å². The van der Waals surface area contributed by atoms with Crippen molar-refractivity contribution in [1.29, 1.82) is 0 Å². The summed E-state index contributed by atoms with van der Waals surface area (Å²) in [7, 11) is 0. The second kappa shape index (κ2) is 5.99. The van der Waals surface area contributed by atoms with E-state index < -0.39 is 0 Å². The Morgan fingerprint density at radius 2 is 1.56 bits per heavy atom. The predicted molar refractivity (Wildman–Crippen MR) is 74.9 cm³/mol. The Bertz CT molecular complexity index is 577. The van der Waals surface area contributed by atoms with Gasteiger partial charge in [-0.15, -0.1) is 0 Å². The van der Waals surface area contributed by atoms with Crippen LogP contribution in [0, 0.1) is 0 Å². The fraction of sp³-hybridized carbons (Fsp3) is 0.125. The summed E-state index contributed by atoms with van der Waals surface area (Å²) in [6.07, 6.45) is 14.9. The second-order valence-electron chi connectivity index (χ2n) is 4.31. The van der Waals surface area contributed by atoms with Gasteiger partial charge in [-0.3, -0.25) is 0 Å². The Labute approximate surface area is 132 Å². The van der Waals surface area contributed by atoms with Crippen molar-refractivity contribution in [2.45, 2.75) is 12.8 Å². The molecule has 0 unspecified atom stereocenters. The molecule has 0 amide bonds. The molecule has 1 aromatic rings. The molecule has 0 aromatic heterocycles. The summed E-state index contributed by atoms with van der Waals surface area (Å²) in [5, 5.41) is 0.852. The number of benzene rings is 1. The number of hydrogen-bond donors (Lipinski definition) is 0. The molecule has 0 spiro atoms. The van der Waals surface area contributed by atoms with Gasteiger partial charge in [0, 0.05) is 36.4 Å². The summed E-state index contributed by atoms with van der Waals surface area (Å²) in [6.45, 7) is 0. The van der Waals surface area contributed by atoms with Crippen molar-refractivity contribution >= 4 is 22.7 Å². The van der Waals surface area contributed by atoms with E-state index in [1.807, 2.05) is 12.1 Å². The van der Waals surface area contributed by atoms with E-state index in [1.165, 1.54) is 22.3 Å². The van der Waals surface area contributed by atoms with Crippen molar-refractivity contribution in [3.05, 3.63) is 70.8 Å². The maximum absolute atomic E-state index is 6.37. The van der Waals surface area contributed by atoms with Crippen molar-refractivity contribution in [2.75, 3.05) is 0 Å². The molecule has 0 heterocycles. The van der Waals surface area contributed by atoms with Crippen LogP contribution in [0.1, 0.15) is 24.0 Å². The second-order valence-corrected chi connectivity index (χ2v) is 4.72. The first-order chi connectivity index (χ1) is 8.36. The van der Waals surface area contributed by atoms with Gasteiger partial charge in [0.25, 0.3) is 0 Å². The van der Waals surface area contributed by atoms with Gasteiger partial charge in [-0.2, -0.15) is 0 Å². The van der Waals surface area contributed by atoms with E-state index >= 15 is 0 Å². The molecule has 0 N–H and O–H groups in total. The van der Waals surface area contributed by atoms with Gasteiger partial charge < -0.3 is 0 Å². The molecule has 2 heteroatoms. The zero-order valence-corrected chi connectivity index (χ0v) is 14.3. The predicted octanol–water partition coefficient (Wildman–Crippen LogP) is 5.02. The molecule has 0 saturated carbocycles. The average molecular weight is 419 g/mol. The molecule has 2 aliphatic rings. The fourth-order valence-corrected chi connectivity index (χ4v) is 2.69. The first kappa shape index (κ1) is 13.8. The molecule has 0 atom stereocenters. The van der Waals surface area contributed by atoms with E-state index in [2.05, 4.69) is 42.5 Å². The van der Waals surface area contributed by atoms with E-state index in [1.54, 1.807) is 0 Å². The molecule has 2 aliphatic carbocycles. The molecular formula is C16H13ClHf. The Morgan fingerprint density at radius 1 is 0.889 bits per heavy atom. The summed E-state index contributed by atoms with van der Waals surface area (Å²) in [4.78, 5) is 0. The van der Waals surface area contributed by atoms with Crippen molar-refractivity contribution in [1.82, 2.24) is 0 Å². The van der Waals surface area contributed by atoms with Crippen molar-refractivity contribution in [3.8, 4) is 0 Å². The van der Waals surface area contributed by atoms with Gasteiger partial charge in [-0.05, 0) is 35.6 Å². The molecular weight excluding hydrogens is 406 g/mol. The van der Waals surface area contributed by atoms with Gasteiger partial charge >= 0.3 is 0 Å². The summed E-state index contributed by atoms with van der Waals surface area (Å²) in [5.41, 5.74) is 5.15. The molecule has 0 fully saturated rings. The minimum absolute atomic E-state index is 0. The minimum atomic E-state index is 0.